The number of carbonyl (C=O) groups is 1. The van der Waals surface area contributed by atoms with Gasteiger partial charge in [-0.1, -0.05) is 12.1 Å². The van der Waals surface area contributed by atoms with Crippen LogP contribution in [0.15, 0.2) is 36.4 Å². The molecule has 0 aliphatic carbocycles. The van der Waals surface area contributed by atoms with Crippen molar-refractivity contribution in [2.45, 2.75) is 18.9 Å². The lowest BCUT2D eigenvalue weighted by molar-refractivity contribution is -0.116. The topological polar surface area (TPSA) is 55.1 Å². The van der Waals surface area contributed by atoms with E-state index in [1.807, 2.05) is 0 Å². The van der Waals surface area contributed by atoms with Crippen LogP contribution in [0, 0.1) is 11.6 Å². The van der Waals surface area contributed by atoms with E-state index in [-0.39, 0.29) is 11.7 Å². The summed E-state index contributed by atoms with van der Waals surface area (Å²) in [6, 6.07) is 7.98. The second-order valence-electron chi connectivity index (χ2n) is 5.11. The summed E-state index contributed by atoms with van der Waals surface area (Å²) < 4.78 is 27.2. The Morgan fingerprint density at radius 2 is 1.81 bits per heavy atom. The Hall–Kier alpha value is -2.27. The highest BCUT2D eigenvalue weighted by molar-refractivity contribution is 5.93. The summed E-state index contributed by atoms with van der Waals surface area (Å²) in [6.45, 7) is 0. The van der Waals surface area contributed by atoms with Gasteiger partial charge in [0.05, 0.1) is 6.04 Å². The van der Waals surface area contributed by atoms with E-state index in [0.29, 0.717) is 29.7 Å². The zero-order valence-electron chi connectivity index (χ0n) is 11.2. The molecule has 1 unspecified atom stereocenters. The molecule has 1 aliphatic rings. The van der Waals surface area contributed by atoms with Crippen molar-refractivity contribution in [2.24, 2.45) is 5.73 Å². The Morgan fingerprint density at radius 3 is 2.52 bits per heavy atom. The molecule has 3 rings (SSSR count). The number of nitrogens with one attached hydrogen (secondary N) is 1. The van der Waals surface area contributed by atoms with Crippen LogP contribution in [0.1, 0.15) is 29.2 Å². The lowest BCUT2D eigenvalue weighted by atomic mass is 9.93. The maximum Gasteiger partial charge on any atom is 0.224 e. The van der Waals surface area contributed by atoms with E-state index in [1.54, 1.807) is 18.2 Å². The summed E-state index contributed by atoms with van der Waals surface area (Å²) in [7, 11) is 0. The number of aryl methyl sites for hydroxylation is 1. The van der Waals surface area contributed by atoms with Crippen LogP contribution in [0.2, 0.25) is 0 Å². The number of rotatable bonds is 2. The van der Waals surface area contributed by atoms with E-state index in [0.717, 1.165) is 5.56 Å². The molecule has 2 aromatic carbocycles. The highest BCUT2D eigenvalue weighted by Crippen LogP contribution is 2.30. The first-order valence-electron chi connectivity index (χ1n) is 6.68. The normalized spacial score (nSPS) is 15.3. The summed E-state index contributed by atoms with van der Waals surface area (Å²) in [6.07, 6.45) is 0.939. The lowest BCUT2D eigenvalue weighted by Gasteiger charge is -2.21. The maximum absolute atomic E-state index is 14.2. The Bertz CT molecular complexity index is 698. The first-order chi connectivity index (χ1) is 10.0. The van der Waals surface area contributed by atoms with Crippen LogP contribution in [0.25, 0.3) is 0 Å². The third-order valence-electron chi connectivity index (χ3n) is 3.68. The zero-order chi connectivity index (χ0) is 15.0. The van der Waals surface area contributed by atoms with Crippen molar-refractivity contribution in [3.63, 3.8) is 0 Å². The molecule has 0 fully saturated rings. The summed E-state index contributed by atoms with van der Waals surface area (Å²) in [5.41, 5.74) is 8.42. The molecule has 1 aliphatic heterocycles. The number of carbonyl (C=O) groups excluding carboxylic acids is 1. The highest BCUT2D eigenvalue weighted by Gasteiger charge is 2.21. The van der Waals surface area contributed by atoms with E-state index in [2.05, 4.69) is 5.32 Å². The van der Waals surface area contributed by atoms with Crippen LogP contribution in [0.4, 0.5) is 14.5 Å². The molecule has 0 saturated heterocycles. The minimum atomic E-state index is -0.673. The molecule has 3 nitrogen and oxygen atoms in total. The van der Waals surface area contributed by atoms with Gasteiger partial charge < -0.3 is 11.1 Å². The number of fused-ring (bicyclic) bond motifs is 1. The van der Waals surface area contributed by atoms with Gasteiger partial charge in [-0.05, 0) is 41.8 Å². The number of nitrogens with two attached hydrogens (primary N) is 1. The van der Waals surface area contributed by atoms with Gasteiger partial charge in [-0.15, -0.1) is 0 Å². The first-order valence-corrected chi connectivity index (χ1v) is 6.68. The largest absolute Gasteiger partial charge is 0.326 e. The van der Waals surface area contributed by atoms with Gasteiger partial charge >= 0.3 is 0 Å². The van der Waals surface area contributed by atoms with Crippen molar-refractivity contribution in [3.05, 3.63) is 64.7 Å². The fraction of sp³-hybridized carbons (Fsp3) is 0.188. The van der Waals surface area contributed by atoms with E-state index < -0.39 is 11.9 Å². The van der Waals surface area contributed by atoms with Crippen molar-refractivity contribution in [3.8, 4) is 0 Å². The number of anilines is 1. The van der Waals surface area contributed by atoms with Gasteiger partial charge in [0.2, 0.25) is 5.91 Å². The minimum absolute atomic E-state index is 0.113. The molecule has 3 N–H and O–H groups in total. The average Bonchev–Trinajstić information content (AvgIpc) is 2.46. The molecule has 0 saturated carbocycles. The van der Waals surface area contributed by atoms with E-state index in [1.165, 1.54) is 18.2 Å². The van der Waals surface area contributed by atoms with Gasteiger partial charge in [-0.2, -0.15) is 0 Å². The van der Waals surface area contributed by atoms with Gasteiger partial charge in [0, 0.05) is 17.7 Å². The molecule has 0 spiro atoms. The zero-order valence-corrected chi connectivity index (χ0v) is 11.2. The molecule has 0 aromatic heterocycles. The molecule has 0 radical (unpaired) electrons. The molecular weight excluding hydrogens is 274 g/mol. The molecular formula is C16H14F2N2O. The average molecular weight is 288 g/mol. The molecule has 0 bridgehead atoms. The number of benzene rings is 2. The van der Waals surface area contributed by atoms with Crippen molar-refractivity contribution in [1.82, 2.24) is 0 Å². The monoisotopic (exact) mass is 288 g/mol. The first kappa shape index (κ1) is 13.7. The summed E-state index contributed by atoms with van der Waals surface area (Å²) >= 11 is 0. The van der Waals surface area contributed by atoms with Gasteiger partial charge in [0.25, 0.3) is 0 Å². The lowest BCUT2D eigenvalue weighted by Crippen LogP contribution is -2.21. The van der Waals surface area contributed by atoms with Crippen LogP contribution >= 0.6 is 0 Å². The van der Waals surface area contributed by atoms with Gasteiger partial charge in [-0.25, -0.2) is 8.78 Å². The van der Waals surface area contributed by atoms with Crippen LogP contribution in [0.3, 0.4) is 0 Å². The Morgan fingerprint density at radius 1 is 1.10 bits per heavy atom. The summed E-state index contributed by atoms with van der Waals surface area (Å²) in [5, 5.41) is 2.64. The predicted octanol–water partition coefficient (Wildman–Crippen LogP) is 2.90. The fourth-order valence-corrected chi connectivity index (χ4v) is 2.51. The van der Waals surface area contributed by atoms with Gasteiger partial charge in [0.15, 0.2) is 0 Å². The smallest absolute Gasteiger partial charge is 0.224 e. The van der Waals surface area contributed by atoms with Crippen LogP contribution in [0.5, 0.6) is 0 Å². The Balaban J connectivity index is 1.98. The Kier molecular flexibility index (Phi) is 3.43. The van der Waals surface area contributed by atoms with Gasteiger partial charge in [-0.3, -0.25) is 4.79 Å². The van der Waals surface area contributed by atoms with Crippen LogP contribution < -0.4 is 11.1 Å². The van der Waals surface area contributed by atoms with Gasteiger partial charge in [0.1, 0.15) is 11.6 Å². The molecule has 1 amide bonds. The fourth-order valence-electron chi connectivity index (χ4n) is 2.51. The van der Waals surface area contributed by atoms with E-state index >= 15 is 0 Å². The third kappa shape index (κ3) is 2.64. The van der Waals surface area contributed by atoms with Crippen molar-refractivity contribution in [1.29, 1.82) is 0 Å². The quantitative estimate of drug-likeness (QED) is 0.892. The predicted molar refractivity (Wildman–Crippen MR) is 75.8 cm³/mol. The van der Waals surface area contributed by atoms with E-state index in [9.17, 15) is 13.6 Å². The van der Waals surface area contributed by atoms with Crippen LogP contribution in [-0.2, 0) is 11.2 Å². The number of hydrogen-bond donors (Lipinski definition) is 2. The molecule has 5 heteroatoms. The number of amides is 1. The molecule has 1 atom stereocenters. The van der Waals surface area contributed by atoms with E-state index in [4.69, 9.17) is 5.73 Å². The van der Waals surface area contributed by atoms with Crippen molar-refractivity contribution >= 4 is 11.6 Å². The molecule has 21 heavy (non-hydrogen) atoms. The molecule has 108 valence electrons. The Labute approximate surface area is 120 Å². The van der Waals surface area contributed by atoms with Crippen molar-refractivity contribution < 1.29 is 13.6 Å². The standard InChI is InChI=1S/C16H14F2N2O/c17-11-4-1-9(2-5-11)16(19)12-7-10-3-6-15(21)20-14(10)8-13(12)18/h1-2,4-5,7-8,16H,3,6,19H2,(H,20,21). The summed E-state index contributed by atoms with van der Waals surface area (Å²) in [5.74, 6) is -0.954. The SMILES string of the molecule is NC(c1ccc(F)cc1)c1cc2c(cc1F)NC(=O)CC2. The number of halogens is 2. The number of hydrogen-bond acceptors (Lipinski definition) is 2. The highest BCUT2D eigenvalue weighted by atomic mass is 19.1. The maximum atomic E-state index is 14.2. The summed E-state index contributed by atoms with van der Waals surface area (Å²) in [4.78, 5) is 11.3. The molecule has 1 heterocycles. The van der Waals surface area contributed by atoms with Crippen LogP contribution in [-0.4, -0.2) is 5.91 Å². The second kappa shape index (κ2) is 5.26. The minimum Gasteiger partial charge on any atom is -0.326 e. The molecule has 2 aromatic rings. The third-order valence-corrected chi connectivity index (χ3v) is 3.68. The second-order valence-corrected chi connectivity index (χ2v) is 5.11. The van der Waals surface area contributed by atoms with Crippen molar-refractivity contribution in [2.75, 3.05) is 5.32 Å².